The number of fused-ring (bicyclic) bond motifs is 1. The van der Waals surface area contributed by atoms with Gasteiger partial charge in [-0.05, 0) is 84.8 Å². The van der Waals surface area contributed by atoms with E-state index in [4.69, 9.17) is 0 Å². The third-order valence-corrected chi connectivity index (χ3v) is 8.96. The van der Waals surface area contributed by atoms with Crippen molar-refractivity contribution < 1.29 is 19.1 Å². The van der Waals surface area contributed by atoms with Crippen LogP contribution in [0.2, 0.25) is 0 Å². The third-order valence-electron chi connectivity index (χ3n) is 8.96. The van der Waals surface area contributed by atoms with Crippen molar-refractivity contribution in [1.29, 1.82) is 0 Å². The first-order valence-corrected chi connectivity index (χ1v) is 15.8. The van der Waals surface area contributed by atoms with E-state index in [1.807, 2.05) is 37.4 Å². The number of methoxy groups -OCH3 is 1. The standard InChI is InChI=1S/C35H40N6O4/c1-3-29(40-35(44)45-2)34(43)41-17-5-6-28(41)20-38-33(42)23-10-8-22(9-11-23)24-12-13-26-19-27(15-14-25(26)18-24)31-21-37-32(39-31)30-7-4-16-36-30/h8-15,18-19,21,28-30,36H,3-7,16-17,20H2,1-2H3,(H,37,39)(H,38,42)(H,40,44)/t28-,29-,30-/m0/s1. The van der Waals surface area contributed by atoms with Crippen LogP contribution in [-0.2, 0) is 9.53 Å². The van der Waals surface area contributed by atoms with Gasteiger partial charge in [-0.2, -0.15) is 0 Å². The number of hydrogen-bond donors (Lipinski definition) is 4. The van der Waals surface area contributed by atoms with Crippen LogP contribution in [0.25, 0.3) is 33.2 Å². The van der Waals surface area contributed by atoms with Crippen LogP contribution in [0.3, 0.4) is 0 Å². The van der Waals surface area contributed by atoms with E-state index >= 15 is 0 Å². The molecule has 3 aromatic carbocycles. The molecule has 2 aliphatic rings. The second-order valence-electron chi connectivity index (χ2n) is 11.8. The predicted octanol–water partition coefficient (Wildman–Crippen LogP) is 5.18. The molecule has 2 saturated heterocycles. The predicted molar refractivity (Wildman–Crippen MR) is 174 cm³/mol. The molecule has 6 rings (SSSR count). The van der Waals surface area contributed by atoms with Gasteiger partial charge in [-0.15, -0.1) is 0 Å². The molecule has 0 aliphatic carbocycles. The summed E-state index contributed by atoms with van der Waals surface area (Å²) in [4.78, 5) is 47.6. The van der Waals surface area contributed by atoms with Gasteiger partial charge >= 0.3 is 6.09 Å². The van der Waals surface area contributed by atoms with Gasteiger partial charge in [0.05, 0.1) is 25.0 Å². The Morgan fingerprint density at radius 3 is 2.42 bits per heavy atom. The summed E-state index contributed by atoms with van der Waals surface area (Å²) in [5, 5.41) is 11.4. The van der Waals surface area contributed by atoms with Crippen molar-refractivity contribution in [1.82, 2.24) is 30.8 Å². The van der Waals surface area contributed by atoms with Crippen molar-refractivity contribution in [3.8, 4) is 22.4 Å². The highest BCUT2D eigenvalue weighted by Gasteiger charge is 2.33. The van der Waals surface area contributed by atoms with E-state index in [9.17, 15) is 14.4 Å². The molecule has 0 spiro atoms. The van der Waals surface area contributed by atoms with Crippen LogP contribution in [0.4, 0.5) is 4.79 Å². The molecule has 3 amide bonds. The highest BCUT2D eigenvalue weighted by Crippen LogP contribution is 2.29. The van der Waals surface area contributed by atoms with Crippen LogP contribution >= 0.6 is 0 Å². The maximum atomic E-state index is 13.1. The van der Waals surface area contributed by atoms with Crippen LogP contribution in [0.1, 0.15) is 61.3 Å². The van der Waals surface area contributed by atoms with E-state index in [1.54, 1.807) is 4.90 Å². The fourth-order valence-electron chi connectivity index (χ4n) is 6.38. The fraction of sp³-hybridized carbons (Fsp3) is 0.371. The topological polar surface area (TPSA) is 128 Å². The molecule has 3 atom stereocenters. The number of aromatic nitrogens is 2. The fourth-order valence-corrected chi connectivity index (χ4v) is 6.38. The highest BCUT2D eigenvalue weighted by molar-refractivity contribution is 5.95. The summed E-state index contributed by atoms with van der Waals surface area (Å²) in [6, 6.07) is 20.0. The van der Waals surface area contributed by atoms with E-state index in [2.05, 4.69) is 67.1 Å². The van der Waals surface area contributed by atoms with Gasteiger partial charge in [0.2, 0.25) is 5.91 Å². The zero-order chi connectivity index (χ0) is 31.3. The summed E-state index contributed by atoms with van der Waals surface area (Å²) in [5.41, 5.74) is 4.79. The van der Waals surface area contributed by atoms with Gasteiger partial charge < -0.3 is 30.6 Å². The molecule has 0 radical (unpaired) electrons. The molecule has 2 aliphatic heterocycles. The number of hydrogen-bond acceptors (Lipinski definition) is 6. The molecule has 0 unspecified atom stereocenters. The molecule has 0 bridgehead atoms. The lowest BCUT2D eigenvalue weighted by Crippen LogP contribution is -2.52. The second-order valence-corrected chi connectivity index (χ2v) is 11.8. The highest BCUT2D eigenvalue weighted by atomic mass is 16.5. The third kappa shape index (κ3) is 6.71. The van der Waals surface area contributed by atoms with Crippen LogP contribution in [0, 0.1) is 0 Å². The SMILES string of the molecule is CC[C@H](NC(=O)OC)C(=O)N1CCC[C@H]1CNC(=O)c1ccc(-c2ccc3cc(-c4cnc([C@@H]5CCCN5)[nH]4)ccc3c2)cc1. The van der Waals surface area contributed by atoms with Gasteiger partial charge in [0.1, 0.15) is 11.9 Å². The number of rotatable bonds is 9. The van der Waals surface area contributed by atoms with Gasteiger partial charge in [-0.1, -0.05) is 43.3 Å². The van der Waals surface area contributed by atoms with Crippen LogP contribution in [0.15, 0.2) is 66.9 Å². The Kier molecular flexibility index (Phi) is 9.11. The summed E-state index contributed by atoms with van der Waals surface area (Å²) in [7, 11) is 1.27. The number of benzene rings is 3. The Balaban J connectivity index is 1.07. The molecule has 4 aromatic rings. The minimum absolute atomic E-state index is 0.119. The molecule has 45 heavy (non-hydrogen) atoms. The van der Waals surface area contributed by atoms with Crippen molar-refractivity contribution in [3.05, 3.63) is 78.2 Å². The summed E-state index contributed by atoms with van der Waals surface area (Å²) >= 11 is 0. The van der Waals surface area contributed by atoms with Crippen molar-refractivity contribution >= 4 is 28.7 Å². The van der Waals surface area contributed by atoms with Crippen LogP contribution in [0.5, 0.6) is 0 Å². The molecule has 3 heterocycles. The lowest BCUT2D eigenvalue weighted by atomic mass is 9.98. The number of H-pyrrole nitrogens is 1. The quantitative estimate of drug-likeness (QED) is 0.207. The molecule has 10 nitrogen and oxygen atoms in total. The van der Waals surface area contributed by atoms with Gasteiger partial charge in [0.25, 0.3) is 5.91 Å². The molecule has 0 saturated carbocycles. The number of amides is 3. The van der Waals surface area contributed by atoms with E-state index in [1.165, 1.54) is 13.5 Å². The first kappa shape index (κ1) is 30.3. The Labute approximate surface area is 262 Å². The smallest absolute Gasteiger partial charge is 0.407 e. The summed E-state index contributed by atoms with van der Waals surface area (Å²) in [6.45, 7) is 3.83. The number of ether oxygens (including phenoxy) is 1. The van der Waals surface area contributed by atoms with Gasteiger partial charge in [0, 0.05) is 30.3 Å². The first-order valence-electron chi connectivity index (χ1n) is 15.8. The van der Waals surface area contributed by atoms with E-state index < -0.39 is 12.1 Å². The van der Waals surface area contributed by atoms with Crippen LogP contribution in [-0.4, -0.2) is 71.6 Å². The molecule has 10 heteroatoms. The molecule has 4 N–H and O–H groups in total. The summed E-state index contributed by atoms with van der Waals surface area (Å²) in [6.07, 6.45) is 5.68. The number of nitrogens with zero attached hydrogens (tertiary/aromatic N) is 2. The molecular formula is C35H40N6O4. The summed E-state index contributed by atoms with van der Waals surface area (Å²) in [5.74, 6) is 0.668. The Bertz CT molecular complexity index is 1680. The number of aromatic amines is 1. The Hall–Kier alpha value is -4.70. The lowest BCUT2D eigenvalue weighted by molar-refractivity contribution is -0.134. The molecule has 1 aromatic heterocycles. The van der Waals surface area contributed by atoms with Gasteiger partial charge in [-0.25, -0.2) is 9.78 Å². The largest absolute Gasteiger partial charge is 0.453 e. The van der Waals surface area contributed by atoms with Crippen molar-refractivity contribution in [2.45, 2.75) is 57.2 Å². The Morgan fingerprint density at radius 2 is 1.71 bits per heavy atom. The van der Waals surface area contributed by atoms with Crippen molar-refractivity contribution in [3.63, 3.8) is 0 Å². The zero-order valence-electron chi connectivity index (χ0n) is 25.8. The molecule has 234 valence electrons. The monoisotopic (exact) mass is 608 g/mol. The summed E-state index contributed by atoms with van der Waals surface area (Å²) < 4.78 is 4.66. The number of imidazole rings is 1. The zero-order valence-corrected chi connectivity index (χ0v) is 25.8. The normalized spacial score (nSPS) is 18.6. The minimum atomic E-state index is -0.651. The van der Waals surface area contributed by atoms with E-state index in [0.29, 0.717) is 31.1 Å². The average molecular weight is 609 g/mol. The van der Waals surface area contributed by atoms with Crippen LogP contribution < -0.4 is 16.0 Å². The Morgan fingerprint density at radius 1 is 0.978 bits per heavy atom. The average Bonchev–Trinajstić information content (AvgIpc) is 3.88. The number of likely N-dealkylation sites (tertiary alicyclic amines) is 1. The molecular weight excluding hydrogens is 568 g/mol. The van der Waals surface area contributed by atoms with Gasteiger partial charge in [0.15, 0.2) is 0 Å². The van der Waals surface area contributed by atoms with E-state index in [-0.39, 0.29) is 17.9 Å². The minimum Gasteiger partial charge on any atom is -0.453 e. The lowest BCUT2D eigenvalue weighted by Gasteiger charge is -2.28. The first-order chi connectivity index (χ1) is 21.9. The van der Waals surface area contributed by atoms with E-state index in [0.717, 1.165) is 64.8 Å². The molecule has 2 fully saturated rings. The van der Waals surface area contributed by atoms with Crippen molar-refractivity contribution in [2.75, 3.05) is 26.7 Å². The van der Waals surface area contributed by atoms with Crippen molar-refractivity contribution in [2.24, 2.45) is 0 Å². The number of carbonyl (C=O) groups is 3. The maximum Gasteiger partial charge on any atom is 0.407 e. The number of nitrogens with one attached hydrogen (secondary N) is 4. The van der Waals surface area contributed by atoms with Gasteiger partial charge in [-0.3, -0.25) is 9.59 Å². The number of carbonyl (C=O) groups excluding carboxylic acids is 3. The number of alkyl carbamates (subject to hydrolysis) is 1. The maximum absolute atomic E-state index is 13.1. The second kappa shape index (κ2) is 13.5.